The maximum absolute atomic E-state index is 11.5. The van der Waals surface area contributed by atoms with Crippen molar-refractivity contribution in [2.75, 3.05) is 12.0 Å². The molecule has 0 aliphatic heterocycles. The quantitative estimate of drug-likeness (QED) is 0.656. The predicted molar refractivity (Wildman–Crippen MR) is 32.4 cm³/mol. The van der Waals surface area contributed by atoms with E-state index in [4.69, 9.17) is 5.73 Å². The monoisotopic (exact) mass is 159 g/mol. The summed E-state index contributed by atoms with van der Waals surface area (Å²) in [6, 6.07) is -1.67. The Morgan fingerprint density at radius 2 is 2.00 bits per heavy atom. The lowest BCUT2D eigenvalue weighted by atomic mass is 10.4. The minimum Gasteiger partial charge on any atom is -0.319 e. The molecule has 0 amide bonds. The molecule has 0 spiro atoms. The van der Waals surface area contributed by atoms with Gasteiger partial charge in [-0.25, -0.2) is 0 Å². The number of thioether (sulfide) groups is 1. The van der Waals surface area contributed by atoms with Crippen molar-refractivity contribution in [3.05, 3.63) is 0 Å². The molecule has 0 unspecified atom stereocenters. The third-order valence-electron chi connectivity index (χ3n) is 0.767. The molecule has 0 aliphatic rings. The van der Waals surface area contributed by atoms with E-state index < -0.39 is 12.2 Å². The topological polar surface area (TPSA) is 26.0 Å². The third kappa shape index (κ3) is 3.64. The summed E-state index contributed by atoms with van der Waals surface area (Å²) in [5.74, 6) is -0.0660. The Hall–Kier alpha value is 0.100. The van der Waals surface area contributed by atoms with Crippen LogP contribution in [0.2, 0.25) is 0 Å². The van der Waals surface area contributed by atoms with Gasteiger partial charge in [0.05, 0.1) is 0 Å². The van der Waals surface area contributed by atoms with Gasteiger partial charge in [0.2, 0.25) is 0 Å². The highest BCUT2D eigenvalue weighted by molar-refractivity contribution is 7.98. The van der Waals surface area contributed by atoms with E-state index >= 15 is 0 Å². The average Bonchev–Trinajstić information content (AvgIpc) is 1.64. The summed E-state index contributed by atoms with van der Waals surface area (Å²) in [4.78, 5) is 0. The van der Waals surface area contributed by atoms with E-state index in [1.165, 1.54) is 0 Å². The van der Waals surface area contributed by atoms with Gasteiger partial charge in [-0.15, -0.1) is 0 Å². The molecule has 56 valence electrons. The highest BCUT2D eigenvalue weighted by atomic mass is 32.2. The second kappa shape index (κ2) is 3.31. The van der Waals surface area contributed by atoms with Crippen LogP contribution in [0.15, 0.2) is 0 Å². The molecule has 0 fully saturated rings. The number of rotatable bonds is 2. The predicted octanol–water partition coefficient (Wildman–Crippen LogP) is 1.24. The second-order valence-corrected chi connectivity index (χ2v) is 2.51. The summed E-state index contributed by atoms with van der Waals surface area (Å²) >= 11 is 1.09. The fourth-order valence-corrected chi connectivity index (χ4v) is 0.822. The van der Waals surface area contributed by atoms with Crippen molar-refractivity contribution in [1.82, 2.24) is 0 Å². The van der Waals surface area contributed by atoms with Gasteiger partial charge in [0.1, 0.15) is 6.04 Å². The van der Waals surface area contributed by atoms with Gasteiger partial charge in [-0.05, 0) is 6.26 Å². The van der Waals surface area contributed by atoms with Gasteiger partial charge < -0.3 is 5.73 Å². The Balaban J connectivity index is 3.59. The fourth-order valence-electron chi connectivity index (χ4n) is 0.274. The number of nitrogens with two attached hydrogens (primary N) is 1. The van der Waals surface area contributed by atoms with E-state index in [-0.39, 0.29) is 5.75 Å². The smallest absolute Gasteiger partial charge is 0.319 e. The molecule has 1 atom stereocenters. The lowest BCUT2D eigenvalue weighted by Gasteiger charge is -2.12. The minimum absolute atomic E-state index is 0.0660. The van der Waals surface area contributed by atoms with Crippen LogP contribution in [0.4, 0.5) is 13.2 Å². The average molecular weight is 159 g/mol. The Morgan fingerprint density at radius 1 is 1.56 bits per heavy atom. The molecular formula is C4H8F3NS. The van der Waals surface area contributed by atoms with Crippen molar-refractivity contribution >= 4 is 11.8 Å². The normalized spacial score (nSPS) is 15.7. The van der Waals surface area contributed by atoms with Crippen LogP contribution in [-0.4, -0.2) is 24.2 Å². The Labute approximate surface area is 55.8 Å². The molecule has 2 N–H and O–H groups in total. The fraction of sp³-hybridized carbons (Fsp3) is 1.00. The number of alkyl halides is 3. The second-order valence-electron chi connectivity index (χ2n) is 1.60. The van der Waals surface area contributed by atoms with Crippen LogP contribution in [-0.2, 0) is 0 Å². The highest BCUT2D eigenvalue weighted by Crippen LogP contribution is 2.20. The largest absolute Gasteiger partial charge is 0.404 e. The standard InChI is InChI=1S/C4H8F3NS/c1-9-2-3(8)4(5,6)7/h3H,2,8H2,1H3/t3-/m1/s1. The van der Waals surface area contributed by atoms with Crippen molar-refractivity contribution in [2.45, 2.75) is 12.2 Å². The first kappa shape index (κ1) is 9.10. The minimum atomic E-state index is -4.23. The van der Waals surface area contributed by atoms with Gasteiger partial charge in [-0.3, -0.25) is 0 Å². The van der Waals surface area contributed by atoms with Gasteiger partial charge in [0, 0.05) is 5.75 Å². The maximum atomic E-state index is 11.5. The van der Waals surface area contributed by atoms with E-state index in [9.17, 15) is 13.2 Å². The first-order chi connectivity index (χ1) is 3.98. The van der Waals surface area contributed by atoms with Crippen LogP contribution < -0.4 is 5.73 Å². The summed E-state index contributed by atoms with van der Waals surface area (Å²) in [5.41, 5.74) is 4.72. The van der Waals surface area contributed by atoms with Crippen molar-refractivity contribution in [2.24, 2.45) is 5.73 Å². The van der Waals surface area contributed by atoms with Crippen LogP contribution in [0.1, 0.15) is 0 Å². The molecule has 0 aliphatic carbocycles. The van der Waals surface area contributed by atoms with Gasteiger partial charge in [0.15, 0.2) is 0 Å². The molecule has 0 saturated heterocycles. The molecule has 1 nitrogen and oxygen atoms in total. The molecule has 0 heterocycles. The zero-order chi connectivity index (χ0) is 7.49. The van der Waals surface area contributed by atoms with E-state index in [2.05, 4.69) is 0 Å². The Morgan fingerprint density at radius 3 is 2.11 bits per heavy atom. The highest BCUT2D eigenvalue weighted by Gasteiger charge is 2.35. The van der Waals surface area contributed by atoms with Crippen LogP contribution in [0, 0.1) is 0 Å². The van der Waals surface area contributed by atoms with Crippen LogP contribution >= 0.6 is 11.8 Å². The van der Waals surface area contributed by atoms with Crippen molar-refractivity contribution in [3.63, 3.8) is 0 Å². The third-order valence-corrected chi connectivity index (χ3v) is 1.46. The zero-order valence-electron chi connectivity index (χ0n) is 4.90. The SMILES string of the molecule is CSC[C@@H](N)C(F)(F)F. The van der Waals surface area contributed by atoms with Crippen LogP contribution in [0.3, 0.4) is 0 Å². The molecule has 0 aromatic rings. The Bertz CT molecular complexity index is 82.4. The van der Waals surface area contributed by atoms with E-state index in [0.29, 0.717) is 0 Å². The van der Waals surface area contributed by atoms with Crippen molar-refractivity contribution in [1.29, 1.82) is 0 Å². The molecule has 0 aromatic heterocycles. The molecule has 0 rings (SSSR count). The molecule has 9 heavy (non-hydrogen) atoms. The molecule has 5 heteroatoms. The first-order valence-corrected chi connectivity index (χ1v) is 3.69. The van der Waals surface area contributed by atoms with Crippen molar-refractivity contribution < 1.29 is 13.2 Å². The summed E-state index contributed by atoms with van der Waals surface area (Å²) in [5, 5.41) is 0. The zero-order valence-corrected chi connectivity index (χ0v) is 5.72. The van der Waals surface area contributed by atoms with E-state index in [1.807, 2.05) is 0 Å². The molecular weight excluding hydrogens is 151 g/mol. The maximum Gasteiger partial charge on any atom is 0.404 e. The van der Waals surface area contributed by atoms with Gasteiger partial charge >= 0.3 is 6.18 Å². The van der Waals surface area contributed by atoms with Gasteiger partial charge in [0.25, 0.3) is 0 Å². The van der Waals surface area contributed by atoms with Gasteiger partial charge in [-0.2, -0.15) is 24.9 Å². The summed E-state index contributed by atoms with van der Waals surface area (Å²) in [6.45, 7) is 0. The molecule has 0 bridgehead atoms. The van der Waals surface area contributed by atoms with E-state index in [1.54, 1.807) is 6.26 Å². The summed E-state index contributed by atoms with van der Waals surface area (Å²) in [7, 11) is 0. The molecule has 0 radical (unpaired) electrons. The number of halogens is 3. The summed E-state index contributed by atoms with van der Waals surface area (Å²) in [6.07, 6.45) is -2.64. The van der Waals surface area contributed by atoms with Crippen molar-refractivity contribution in [3.8, 4) is 0 Å². The number of hydrogen-bond donors (Lipinski definition) is 1. The lowest BCUT2D eigenvalue weighted by molar-refractivity contribution is -0.142. The Kier molecular flexibility index (Phi) is 3.35. The van der Waals surface area contributed by atoms with Crippen LogP contribution in [0.25, 0.3) is 0 Å². The molecule has 0 saturated carbocycles. The molecule has 0 aromatic carbocycles. The lowest BCUT2D eigenvalue weighted by Crippen LogP contribution is -2.39. The number of hydrogen-bond acceptors (Lipinski definition) is 2. The van der Waals surface area contributed by atoms with Gasteiger partial charge in [-0.1, -0.05) is 0 Å². The van der Waals surface area contributed by atoms with Crippen LogP contribution in [0.5, 0.6) is 0 Å². The first-order valence-electron chi connectivity index (χ1n) is 2.29. The summed E-state index contributed by atoms with van der Waals surface area (Å²) < 4.78 is 34.5. The van der Waals surface area contributed by atoms with E-state index in [0.717, 1.165) is 11.8 Å².